The number of hydrogen-bond donors (Lipinski definition) is 1. The standard InChI is InChI=1S/C29H45ClN4O3/c1-21(2)18-28(36)34(24-8-6-5-7-9-24)25-14-17-33(20-25)29(37)26(31-27(35)15-16-32(3)4)19-22-10-12-23(30)13-11-22/h10-13,21,24-26H,5-9,14-20H2,1-4H3,(H,31,35). The van der Waals surface area contributed by atoms with Gasteiger partial charge in [0.1, 0.15) is 6.04 Å². The minimum atomic E-state index is -0.649. The van der Waals surface area contributed by atoms with Gasteiger partial charge in [-0.3, -0.25) is 14.4 Å². The van der Waals surface area contributed by atoms with Gasteiger partial charge in [-0.15, -0.1) is 0 Å². The summed E-state index contributed by atoms with van der Waals surface area (Å²) in [5.41, 5.74) is 0.947. The zero-order valence-electron chi connectivity index (χ0n) is 23.0. The van der Waals surface area contributed by atoms with Gasteiger partial charge < -0.3 is 20.0 Å². The van der Waals surface area contributed by atoms with Crippen molar-refractivity contribution in [2.75, 3.05) is 33.7 Å². The summed E-state index contributed by atoms with van der Waals surface area (Å²) in [4.78, 5) is 45.8. The van der Waals surface area contributed by atoms with Crippen molar-refractivity contribution in [3.8, 4) is 0 Å². The number of carbonyl (C=O) groups is 3. The molecular weight excluding hydrogens is 488 g/mol. The molecule has 37 heavy (non-hydrogen) atoms. The first-order valence-electron chi connectivity index (χ1n) is 13.9. The molecule has 2 fully saturated rings. The van der Waals surface area contributed by atoms with E-state index in [1.54, 1.807) is 12.1 Å². The predicted molar refractivity (Wildman–Crippen MR) is 148 cm³/mol. The molecule has 1 aliphatic carbocycles. The molecule has 1 N–H and O–H groups in total. The van der Waals surface area contributed by atoms with Crippen LogP contribution < -0.4 is 5.32 Å². The molecular formula is C29H45ClN4O3. The van der Waals surface area contributed by atoms with E-state index in [1.165, 1.54) is 6.42 Å². The number of rotatable bonds is 11. The molecule has 0 aromatic heterocycles. The fraction of sp³-hybridized carbons (Fsp3) is 0.690. The lowest BCUT2D eigenvalue weighted by atomic mass is 9.92. The molecule has 8 heteroatoms. The maximum absolute atomic E-state index is 13.8. The molecule has 1 aromatic rings. The highest BCUT2D eigenvalue weighted by Crippen LogP contribution is 2.29. The van der Waals surface area contributed by atoms with Crippen molar-refractivity contribution in [1.82, 2.24) is 20.0 Å². The van der Waals surface area contributed by atoms with Gasteiger partial charge in [-0.2, -0.15) is 0 Å². The average Bonchev–Trinajstić information content (AvgIpc) is 3.33. The van der Waals surface area contributed by atoms with Crippen molar-refractivity contribution in [3.63, 3.8) is 0 Å². The van der Waals surface area contributed by atoms with Crippen molar-refractivity contribution in [1.29, 1.82) is 0 Å². The van der Waals surface area contributed by atoms with Crippen molar-refractivity contribution in [3.05, 3.63) is 34.9 Å². The smallest absolute Gasteiger partial charge is 0.245 e. The van der Waals surface area contributed by atoms with Gasteiger partial charge in [0.2, 0.25) is 17.7 Å². The Morgan fingerprint density at radius 3 is 2.32 bits per heavy atom. The van der Waals surface area contributed by atoms with Gasteiger partial charge in [0, 0.05) is 50.0 Å². The van der Waals surface area contributed by atoms with E-state index in [-0.39, 0.29) is 29.8 Å². The molecule has 7 nitrogen and oxygen atoms in total. The number of benzene rings is 1. The Morgan fingerprint density at radius 2 is 1.70 bits per heavy atom. The van der Waals surface area contributed by atoms with E-state index < -0.39 is 6.04 Å². The van der Waals surface area contributed by atoms with Gasteiger partial charge in [-0.05, 0) is 57.0 Å². The summed E-state index contributed by atoms with van der Waals surface area (Å²) in [6.07, 6.45) is 7.73. The van der Waals surface area contributed by atoms with Gasteiger partial charge in [-0.25, -0.2) is 0 Å². The SMILES string of the molecule is CC(C)CC(=O)N(C1CCCCC1)C1CCN(C(=O)C(Cc2ccc(Cl)cc2)NC(=O)CCN(C)C)C1. The lowest BCUT2D eigenvalue weighted by molar-refractivity contribution is -0.139. The minimum Gasteiger partial charge on any atom is -0.344 e. The molecule has 0 spiro atoms. The third-order valence-corrected chi connectivity index (χ3v) is 7.73. The summed E-state index contributed by atoms with van der Waals surface area (Å²) < 4.78 is 0. The number of nitrogens with zero attached hydrogens (tertiary/aromatic N) is 3. The molecule has 1 saturated heterocycles. The zero-order valence-corrected chi connectivity index (χ0v) is 23.8. The third-order valence-electron chi connectivity index (χ3n) is 7.48. The van der Waals surface area contributed by atoms with Crippen molar-refractivity contribution in [2.24, 2.45) is 5.92 Å². The van der Waals surface area contributed by atoms with E-state index in [4.69, 9.17) is 11.6 Å². The summed E-state index contributed by atoms with van der Waals surface area (Å²) >= 11 is 6.05. The van der Waals surface area contributed by atoms with E-state index in [0.717, 1.165) is 37.7 Å². The van der Waals surface area contributed by atoms with Crippen molar-refractivity contribution >= 4 is 29.3 Å². The molecule has 2 unspecified atom stereocenters. The molecule has 3 rings (SSSR count). The second-order valence-electron chi connectivity index (χ2n) is 11.4. The highest BCUT2D eigenvalue weighted by atomic mass is 35.5. The Bertz CT molecular complexity index is 899. The molecule has 1 heterocycles. The molecule has 206 valence electrons. The van der Waals surface area contributed by atoms with Gasteiger partial charge in [0.15, 0.2) is 0 Å². The first-order chi connectivity index (χ1) is 17.6. The van der Waals surface area contributed by atoms with E-state index in [9.17, 15) is 14.4 Å². The Morgan fingerprint density at radius 1 is 1.03 bits per heavy atom. The lowest BCUT2D eigenvalue weighted by Gasteiger charge is -2.39. The fourth-order valence-electron chi connectivity index (χ4n) is 5.56. The fourth-order valence-corrected chi connectivity index (χ4v) is 5.68. The van der Waals surface area contributed by atoms with Crippen LogP contribution in [0.5, 0.6) is 0 Å². The number of halogens is 1. The largest absolute Gasteiger partial charge is 0.344 e. The highest BCUT2D eigenvalue weighted by molar-refractivity contribution is 6.30. The number of hydrogen-bond acceptors (Lipinski definition) is 4. The van der Waals surface area contributed by atoms with Crippen LogP contribution in [0.2, 0.25) is 5.02 Å². The van der Waals surface area contributed by atoms with Crippen LogP contribution in [0.25, 0.3) is 0 Å². The van der Waals surface area contributed by atoms with Crippen LogP contribution in [0.3, 0.4) is 0 Å². The van der Waals surface area contributed by atoms with E-state index in [0.29, 0.717) is 49.8 Å². The molecule has 2 aliphatic rings. The van der Waals surface area contributed by atoms with Crippen LogP contribution in [0.4, 0.5) is 0 Å². The first-order valence-corrected chi connectivity index (χ1v) is 14.3. The van der Waals surface area contributed by atoms with Crippen LogP contribution in [-0.2, 0) is 20.8 Å². The lowest BCUT2D eigenvalue weighted by Crippen LogP contribution is -2.52. The molecule has 1 aromatic carbocycles. The van der Waals surface area contributed by atoms with Gasteiger partial charge >= 0.3 is 0 Å². The number of nitrogens with one attached hydrogen (secondary N) is 1. The average molecular weight is 533 g/mol. The topological polar surface area (TPSA) is 73.0 Å². The summed E-state index contributed by atoms with van der Waals surface area (Å²) in [5, 5.41) is 3.64. The highest BCUT2D eigenvalue weighted by Gasteiger charge is 2.38. The summed E-state index contributed by atoms with van der Waals surface area (Å²) in [6, 6.07) is 7.08. The van der Waals surface area contributed by atoms with Crippen LogP contribution >= 0.6 is 11.6 Å². The second kappa shape index (κ2) is 14.1. The summed E-state index contributed by atoms with van der Waals surface area (Å²) in [7, 11) is 3.85. The van der Waals surface area contributed by atoms with Crippen molar-refractivity contribution < 1.29 is 14.4 Å². The van der Waals surface area contributed by atoms with Crippen molar-refractivity contribution in [2.45, 2.75) is 89.8 Å². The maximum atomic E-state index is 13.8. The quantitative estimate of drug-likeness (QED) is 0.465. The van der Waals surface area contributed by atoms with Gasteiger partial charge in [0.25, 0.3) is 0 Å². The second-order valence-corrected chi connectivity index (χ2v) is 11.9. The summed E-state index contributed by atoms with van der Waals surface area (Å²) in [6.45, 7) is 5.92. The van der Waals surface area contributed by atoms with Crippen LogP contribution in [0.15, 0.2) is 24.3 Å². The molecule has 1 saturated carbocycles. The molecule has 2 atom stereocenters. The Hall–Kier alpha value is -2.12. The minimum absolute atomic E-state index is 0.0407. The maximum Gasteiger partial charge on any atom is 0.245 e. The third kappa shape index (κ3) is 8.99. The monoisotopic (exact) mass is 532 g/mol. The Kier molecular flexibility index (Phi) is 11.3. The van der Waals surface area contributed by atoms with Crippen LogP contribution in [-0.4, -0.2) is 84.3 Å². The van der Waals surface area contributed by atoms with Crippen LogP contribution in [0, 0.1) is 5.92 Å². The molecule has 0 bridgehead atoms. The molecule has 3 amide bonds. The van der Waals surface area contributed by atoms with Gasteiger partial charge in [-0.1, -0.05) is 56.8 Å². The van der Waals surface area contributed by atoms with Crippen LogP contribution in [0.1, 0.15) is 70.8 Å². The van der Waals surface area contributed by atoms with Gasteiger partial charge in [0.05, 0.1) is 6.04 Å². The Balaban J connectivity index is 1.73. The molecule has 1 aliphatic heterocycles. The van der Waals surface area contributed by atoms with E-state index in [2.05, 4.69) is 24.1 Å². The Labute approximate surface area is 227 Å². The summed E-state index contributed by atoms with van der Waals surface area (Å²) in [5.74, 6) is 0.318. The predicted octanol–water partition coefficient (Wildman–Crippen LogP) is 4.13. The number of likely N-dealkylation sites (tertiary alicyclic amines) is 1. The first kappa shape index (κ1) is 29.4. The number of carbonyl (C=O) groups excluding carboxylic acids is 3. The van der Waals surface area contributed by atoms with E-state index in [1.807, 2.05) is 36.0 Å². The zero-order chi connectivity index (χ0) is 26.9. The number of amides is 3. The molecule has 0 radical (unpaired) electrons. The van der Waals surface area contributed by atoms with E-state index >= 15 is 0 Å². The normalized spacial score (nSPS) is 19.3.